The second-order valence-electron chi connectivity index (χ2n) is 4.35. The van der Waals surface area contributed by atoms with Gasteiger partial charge in [-0.25, -0.2) is 0 Å². The largest absolute Gasteiger partial charge is 0.573 e. The summed E-state index contributed by atoms with van der Waals surface area (Å²) in [5, 5.41) is 0. The molecule has 2 nitrogen and oxygen atoms in total. The topological polar surface area (TPSA) is 35.2 Å². The van der Waals surface area contributed by atoms with Crippen molar-refractivity contribution in [3.63, 3.8) is 0 Å². The molecule has 0 amide bonds. The molecule has 17 heavy (non-hydrogen) atoms. The first-order chi connectivity index (χ1) is 7.78. The van der Waals surface area contributed by atoms with Gasteiger partial charge in [0, 0.05) is 6.04 Å². The maximum atomic E-state index is 11.9. The molecule has 2 N–H and O–H groups in total. The van der Waals surface area contributed by atoms with E-state index in [2.05, 4.69) is 4.74 Å². The second-order valence-corrected chi connectivity index (χ2v) is 4.35. The Labute approximate surface area is 98.6 Å². The molecule has 1 aromatic carbocycles. The van der Waals surface area contributed by atoms with Crippen molar-refractivity contribution in [3.05, 3.63) is 29.8 Å². The van der Waals surface area contributed by atoms with Crippen molar-refractivity contribution >= 4 is 0 Å². The lowest BCUT2D eigenvalue weighted by molar-refractivity contribution is -0.274. The minimum Gasteiger partial charge on any atom is -0.406 e. The van der Waals surface area contributed by atoms with Gasteiger partial charge in [0.2, 0.25) is 0 Å². The minimum absolute atomic E-state index is 0.157. The number of rotatable bonds is 4. The molecule has 0 aliphatic rings. The summed E-state index contributed by atoms with van der Waals surface area (Å²) in [6.45, 7) is 4.09. The first kappa shape index (κ1) is 13.8. The fourth-order valence-electron chi connectivity index (χ4n) is 1.56. The van der Waals surface area contributed by atoms with Gasteiger partial charge in [-0.05, 0) is 30.0 Å². The molecule has 0 aliphatic heterocycles. The zero-order valence-corrected chi connectivity index (χ0v) is 9.79. The molecule has 0 bridgehead atoms. The lowest BCUT2D eigenvalue weighted by Crippen LogP contribution is -2.17. The molecule has 1 aromatic rings. The summed E-state index contributed by atoms with van der Waals surface area (Å²) in [6.07, 6.45) is -3.86. The van der Waals surface area contributed by atoms with Gasteiger partial charge < -0.3 is 10.5 Å². The maximum absolute atomic E-state index is 11.9. The third-order valence-electron chi connectivity index (χ3n) is 2.27. The van der Waals surface area contributed by atoms with Gasteiger partial charge in [0.15, 0.2) is 0 Å². The van der Waals surface area contributed by atoms with Gasteiger partial charge in [-0.15, -0.1) is 13.2 Å². The number of hydrogen-bond acceptors (Lipinski definition) is 2. The Kier molecular flexibility index (Phi) is 4.40. The highest BCUT2D eigenvalue weighted by atomic mass is 19.4. The summed E-state index contributed by atoms with van der Waals surface area (Å²) in [5.41, 5.74) is 6.72. The van der Waals surface area contributed by atoms with Crippen molar-refractivity contribution in [2.24, 2.45) is 11.7 Å². The van der Waals surface area contributed by atoms with E-state index in [0.29, 0.717) is 5.92 Å². The summed E-state index contributed by atoms with van der Waals surface area (Å²) in [7, 11) is 0. The highest BCUT2D eigenvalue weighted by molar-refractivity contribution is 5.29. The number of alkyl halides is 3. The van der Waals surface area contributed by atoms with Crippen molar-refractivity contribution in [1.82, 2.24) is 0 Å². The minimum atomic E-state index is -4.65. The van der Waals surface area contributed by atoms with E-state index in [9.17, 15) is 13.2 Å². The van der Waals surface area contributed by atoms with Gasteiger partial charge >= 0.3 is 6.36 Å². The van der Waals surface area contributed by atoms with Crippen LogP contribution in [-0.2, 0) is 0 Å². The summed E-state index contributed by atoms with van der Waals surface area (Å²) in [5.74, 6) is 0.217. The van der Waals surface area contributed by atoms with Gasteiger partial charge in [-0.3, -0.25) is 0 Å². The lowest BCUT2D eigenvalue weighted by Gasteiger charge is -2.15. The van der Waals surface area contributed by atoms with Crippen LogP contribution in [0.25, 0.3) is 0 Å². The third-order valence-corrected chi connectivity index (χ3v) is 2.27. The maximum Gasteiger partial charge on any atom is 0.573 e. The SMILES string of the molecule is CC(C)C[C@@H](N)c1ccc(OC(F)(F)F)cc1. The molecule has 0 spiro atoms. The van der Waals surface area contributed by atoms with Gasteiger partial charge in [-0.1, -0.05) is 26.0 Å². The predicted molar refractivity (Wildman–Crippen MR) is 59.5 cm³/mol. The number of halogens is 3. The molecule has 0 heterocycles. The Balaban J connectivity index is 2.67. The number of benzene rings is 1. The van der Waals surface area contributed by atoms with Crippen molar-refractivity contribution in [1.29, 1.82) is 0 Å². The smallest absolute Gasteiger partial charge is 0.406 e. The van der Waals surface area contributed by atoms with Crippen LogP contribution in [-0.4, -0.2) is 6.36 Å². The molecule has 96 valence electrons. The average Bonchev–Trinajstić information content (AvgIpc) is 2.15. The van der Waals surface area contributed by atoms with E-state index in [0.717, 1.165) is 12.0 Å². The van der Waals surface area contributed by atoms with Crippen LogP contribution in [0.4, 0.5) is 13.2 Å². The molecule has 0 saturated heterocycles. The van der Waals surface area contributed by atoms with Crippen LogP contribution in [0.5, 0.6) is 5.75 Å². The molecule has 0 saturated carbocycles. The van der Waals surface area contributed by atoms with E-state index >= 15 is 0 Å². The standard InChI is InChI=1S/C12H16F3NO/c1-8(2)7-11(16)9-3-5-10(6-4-9)17-12(13,14)15/h3-6,8,11H,7,16H2,1-2H3/t11-/m1/s1. The van der Waals surface area contributed by atoms with E-state index in [-0.39, 0.29) is 11.8 Å². The van der Waals surface area contributed by atoms with Crippen LogP contribution in [0.15, 0.2) is 24.3 Å². The van der Waals surface area contributed by atoms with Gasteiger partial charge in [-0.2, -0.15) is 0 Å². The number of hydrogen-bond donors (Lipinski definition) is 1. The number of nitrogens with two attached hydrogens (primary N) is 1. The van der Waals surface area contributed by atoms with E-state index in [1.165, 1.54) is 12.1 Å². The van der Waals surface area contributed by atoms with E-state index in [1.54, 1.807) is 12.1 Å². The zero-order valence-electron chi connectivity index (χ0n) is 9.79. The molecule has 5 heteroatoms. The number of ether oxygens (including phenoxy) is 1. The molecular formula is C12H16F3NO. The molecule has 0 radical (unpaired) electrons. The summed E-state index contributed by atoms with van der Waals surface area (Å²) in [4.78, 5) is 0. The van der Waals surface area contributed by atoms with Crippen molar-refractivity contribution in [2.45, 2.75) is 32.7 Å². The molecule has 0 aromatic heterocycles. The molecule has 0 unspecified atom stereocenters. The fraction of sp³-hybridized carbons (Fsp3) is 0.500. The summed E-state index contributed by atoms with van der Waals surface area (Å²) in [6, 6.07) is 5.53. The Morgan fingerprint density at radius 3 is 2.12 bits per heavy atom. The third kappa shape index (κ3) is 5.08. The van der Waals surface area contributed by atoms with Crippen LogP contribution in [0, 0.1) is 5.92 Å². The van der Waals surface area contributed by atoms with Crippen LogP contribution in [0.3, 0.4) is 0 Å². The van der Waals surface area contributed by atoms with Crippen LogP contribution >= 0.6 is 0 Å². The first-order valence-corrected chi connectivity index (χ1v) is 5.39. The Morgan fingerprint density at radius 2 is 1.71 bits per heavy atom. The lowest BCUT2D eigenvalue weighted by atomic mass is 9.98. The summed E-state index contributed by atoms with van der Waals surface area (Å²) < 4.78 is 39.6. The van der Waals surface area contributed by atoms with Crippen LogP contribution in [0.2, 0.25) is 0 Å². The molecule has 0 aliphatic carbocycles. The van der Waals surface area contributed by atoms with Crippen molar-refractivity contribution < 1.29 is 17.9 Å². The van der Waals surface area contributed by atoms with Crippen LogP contribution < -0.4 is 10.5 Å². The zero-order chi connectivity index (χ0) is 13.1. The normalized spacial score (nSPS) is 13.8. The van der Waals surface area contributed by atoms with Gasteiger partial charge in [0.05, 0.1) is 0 Å². The molecule has 1 atom stereocenters. The Morgan fingerprint density at radius 1 is 1.18 bits per heavy atom. The van der Waals surface area contributed by atoms with Crippen molar-refractivity contribution in [2.75, 3.05) is 0 Å². The van der Waals surface area contributed by atoms with E-state index in [1.807, 2.05) is 13.8 Å². The molecule has 1 rings (SSSR count). The van der Waals surface area contributed by atoms with Crippen molar-refractivity contribution in [3.8, 4) is 5.75 Å². The fourth-order valence-corrected chi connectivity index (χ4v) is 1.56. The Bertz CT molecular complexity index is 346. The predicted octanol–water partition coefficient (Wildman–Crippen LogP) is 3.63. The molecular weight excluding hydrogens is 231 g/mol. The average molecular weight is 247 g/mol. The summed E-state index contributed by atoms with van der Waals surface area (Å²) >= 11 is 0. The van der Waals surface area contributed by atoms with Crippen LogP contribution in [0.1, 0.15) is 31.9 Å². The Hall–Kier alpha value is -1.23. The first-order valence-electron chi connectivity index (χ1n) is 5.39. The van der Waals surface area contributed by atoms with Gasteiger partial charge in [0.1, 0.15) is 5.75 Å². The van der Waals surface area contributed by atoms with E-state index < -0.39 is 6.36 Å². The van der Waals surface area contributed by atoms with Gasteiger partial charge in [0.25, 0.3) is 0 Å². The quantitative estimate of drug-likeness (QED) is 0.881. The molecule has 0 fully saturated rings. The highest BCUT2D eigenvalue weighted by Gasteiger charge is 2.30. The monoisotopic (exact) mass is 247 g/mol. The highest BCUT2D eigenvalue weighted by Crippen LogP contribution is 2.25. The van der Waals surface area contributed by atoms with E-state index in [4.69, 9.17) is 5.73 Å². The second kappa shape index (κ2) is 5.40.